The number of nitrogens with one attached hydrogen (secondary N) is 1. The minimum absolute atomic E-state index is 0.552. The fraction of sp³-hybridized carbons (Fsp3) is 0.467. The maximum atomic E-state index is 5.35. The third kappa shape index (κ3) is 1.94. The normalized spacial score (nSPS) is 25.5. The lowest BCUT2D eigenvalue weighted by Gasteiger charge is -2.04. The Morgan fingerprint density at radius 1 is 1.21 bits per heavy atom. The SMILES string of the molecule is Cc1ccc(C2CC2c2n[nH]c(=S)n2C2CC2)cc1. The summed E-state index contributed by atoms with van der Waals surface area (Å²) < 4.78 is 3.06. The smallest absolute Gasteiger partial charge is 0.195 e. The summed E-state index contributed by atoms with van der Waals surface area (Å²) in [5.41, 5.74) is 2.76. The Morgan fingerprint density at radius 2 is 1.95 bits per heavy atom. The van der Waals surface area contributed by atoms with E-state index >= 15 is 0 Å². The van der Waals surface area contributed by atoms with Gasteiger partial charge in [-0.1, -0.05) is 29.8 Å². The predicted octanol–water partition coefficient (Wildman–Crippen LogP) is 3.86. The molecule has 3 nitrogen and oxygen atoms in total. The number of nitrogens with zero attached hydrogens (tertiary/aromatic N) is 2. The van der Waals surface area contributed by atoms with Gasteiger partial charge in [0.1, 0.15) is 5.82 Å². The quantitative estimate of drug-likeness (QED) is 0.860. The molecular weight excluding hydrogens is 254 g/mol. The van der Waals surface area contributed by atoms with Gasteiger partial charge in [0, 0.05) is 12.0 Å². The lowest BCUT2D eigenvalue weighted by molar-refractivity contribution is 0.671. The molecule has 0 radical (unpaired) electrons. The summed E-state index contributed by atoms with van der Waals surface area (Å²) in [6.07, 6.45) is 3.71. The van der Waals surface area contributed by atoms with Gasteiger partial charge >= 0.3 is 0 Å². The van der Waals surface area contributed by atoms with E-state index in [4.69, 9.17) is 12.2 Å². The van der Waals surface area contributed by atoms with Crippen LogP contribution in [0.3, 0.4) is 0 Å². The average Bonchev–Trinajstić information content (AvgIpc) is 3.31. The van der Waals surface area contributed by atoms with Crippen LogP contribution in [0.4, 0.5) is 0 Å². The molecule has 2 unspecified atom stereocenters. The topological polar surface area (TPSA) is 33.6 Å². The second-order valence-electron chi connectivity index (χ2n) is 5.85. The number of aromatic amines is 1. The van der Waals surface area contributed by atoms with Gasteiger partial charge in [-0.05, 0) is 49.9 Å². The van der Waals surface area contributed by atoms with Gasteiger partial charge in [-0.2, -0.15) is 5.10 Å². The molecule has 1 aromatic heterocycles. The van der Waals surface area contributed by atoms with Crippen LogP contribution >= 0.6 is 12.2 Å². The van der Waals surface area contributed by atoms with E-state index < -0.39 is 0 Å². The van der Waals surface area contributed by atoms with Crippen LogP contribution in [0, 0.1) is 11.7 Å². The molecule has 19 heavy (non-hydrogen) atoms. The van der Waals surface area contributed by atoms with Crippen LogP contribution in [0.25, 0.3) is 0 Å². The number of H-pyrrole nitrogens is 1. The van der Waals surface area contributed by atoms with Crippen LogP contribution in [0.1, 0.15) is 54.1 Å². The minimum Gasteiger partial charge on any atom is -0.301 e. The summed E-state index contributed by atoms with van der Waals surface area (Å²) in [6, 6.07) is 9.51. The van der Waals surface area contributed by atoms with Crippen molar-refractivity contribution in [1.29, 1.82) is 0 Å². The summed E-state index contributed by atoms with van der Waals surface area (Å²) in [4.78, 5) is 0. The maximum absolute atomic E-state index is 5.35. The van der Waals surface area contributed by atoms with Gasteiger partial charge in [-0.15, -0.1) is 0 Å². The van der Waals surface area contributed by atoms with Gasteiger partial charge in [0.2, 0.25) is 0 Å². The van der Waals surface area contributed by atoms with Crippen LogP contribution in [0.5, 0.6) is 0 Å². The summed E-state index contributed by atoms with van der Waals surface area (Å²) in [5, 5.41) is 7.45. The Hall–Kier alpha value is -1.42. The van der Waals surface area contributed by atoms with Crippen LogP contribution in [-0.4, -0.2) is 14.8 Å². The van der Waals surface area contributed by atoms with Gasteiger partial charge in [0.25, 0.3) is 0 Å². The molecule has 0 spiro atoms. The molecule has 2 aliphatic carbocycles. The van der Waals surface area contributed by atoms with Crippen molar-refractivity contribution in [2.24, 2.45) is 0 Å². The Morgan fingerprint density at radius 3 is 2.63 bits per heavy atom. The molecule has 0 aliphatic heterocycles. The fourth-order valence-electron chi connectivity index (χ4n) is 2.93. The predicted molar refractivity (Wildman–Crippen MR) is 77.0 cm³/mol. The number of rotatable bonds is 3. The van der Waals surface area contributed by atoms with Crippen LogP contribution < -0.4 is 0 Å². The molecular formula is C15H17N3S. The van der Waals surface area contributed by atoms with Crippen molar-refractivity contribution in [3.05, 3.63) is 46.0 Å². The highest BCUT2D eigenvalue weighted by Gasteiger charge is 2.44. The Kier molecular flexibility index (Phi) is 2.42. The number of aryl methyl sites for hydroxylation is 1. The largest absolute Gasteiger partial charge is 0.301 e. The second kappa shape index (κ2) is 4.04. The maximum Gasteiger partial charge on any atom is 0.195 e. The van der Waals surface area contributed by atoms with E-state index in [0.29, 0.717) is 17.9 Å². The van der Waals surface area contributed by atoms with Gasteiger partial charge in [0.05, 0.1) is 0 Å². The summed E-state index contributed by atoms with van der Waals surface area (Å²) in [5.74, 6) is 2.36. The molecule has 98 valence electrons. The van der Waals surface area contributed by atoms with Crippen LogP contribution in [0.2, 0.25) is 0 Å². The van der Waals surface area contributed by atoms with Gasteiger partial charge in [0.15, 0.2) is 4.77 Å². The highest BCUT2D eigenvalue weighted by atomic mass is 32.1. The van der Waals surface area contributed by atoms with Crippen LogP contribution in [-0.2, 0) is 0 Å². The lowest BCUT2D eigenvalue weighted by Crippen LogP contribution is -2.01. The third-order valence-corrected chi connectivity index (χ3v) is 4.56. The molecule has 0 amide bonds. The van der Waals surface area contributed by atoms with Crippen LogP contribution in [0.15, 0.2) is 24.3 Å². The average molecular weight is 271 g/mol. The van der Waals surface area contributed by atoms with Crippen molar-refractivity contribution in [2.75, 3.05) is 0 Å². The number of benzene rings is 1. The van der Waals surface area contributed by atoms with E-state index in [-0.39, 0.29) is 0 Å². The van der Waals surface area contributed by atoms with E-state index in [1.54, 1.807) is 0 Å². The minimum atomic E-state index is 0.552. The zero-order valence-electron chi connectivity index (χ0n) is 11.0. The molecule has 2 fully saturated rings. The molecule has 2 aromatic rings. The van der Waals surface area contributed by atoms with Crippen molar-refractivity contribution in [2.45, 2.75) is 44.1 Å². The molecule has 1 aromatic carbocycles. The van der Waals surface area contributed by atoms with Gasteiger partial charge in [-0.25, -0.2) is 0 Å². The molecule has 4 rings (SSSR count). The highest BCUT2D eigenvalue weighted by Crippen LogP contribution is 2.55. The van der Waals surface area contributed by atoms with Crippen molar-refractivity contribution in [3.63, 3.8) is 0 Å². The van der Waals surface area contributed by atoms with Crippen molar-refractivity contribution in [1.82, 2.24) is 14.8 Å². The molecule has 0 bridgehead atoms. The molecule has 1 heterocycles. The standard InChI is InChI=1S/C15H17N3S/c1-9-2-4-10(5-3-9)12-8-13(12)14-16-17-15(19)18(14)11-6-7-11/h2-5,11-13H,6-8H2,1H3,(H,17,19). The molecule has 0 saturated heterocycles. The van der Waals surface area contributed by atoms with E-state index in [1.165, 1.54) is 36.2 Å². The molecule has 2 aliphatic rings. The van der Waals surface area contributed by atoms with E-state index in [0.717, 1.165) is 4.77 Å². The zero-order valence-corrected chi connectivity index (χ0v) is 11.8. The monoisotopic (exact) mass is 271 g/mol. The first-order valence-corrected chi connectivity index (χ1v) is 7.38. The van der Waals surface area contributed by atoms with Crippen molar-refractivity contribution < 1.29 is 0 Å². The molecule has 2 atom stereocenters. The number of aromatic nitrogens is 3. The molecule has 2 saturated carbocycles. The van der Waals surface area contributed by atoms with Crippen molar-refractivity contribution in [3.8, 4) is 0 Å². The van der Waals surface area contributed by atoms with E-state index in [9.17, 15) is 0 Å². The van der Waals surface area contributed by atoms with Crippen molar-refractivity contribution >= 4 is 12.2 Å². The molecule has 4 heteroatoms. The van der Waals surface area contributed by atoms with Gasteiger partial charge in [-0.3, -0.25) is 5.10 Å². The number of hydrogen-bond acceptors (Lipinski definition) is 2. The first-order valence-electron chi connectivity index (χ1n) is 6.97. The first-order chi connectivity index (χ1) is 9.24. The zero-order chi connectivity index (χ0) is 13.0. The summed E-state index contributed by atoms with van der Waals surface area (Å²) >= 11 is 5.35. The number of hydrogen-bond donors (Lipinski definition) is 1. The Bertz CT molecular complexity index is 663. The summed E-state index contributed by atoms with van der Waals surface area (Å²) in [7, 11) is 0. The van der Waals surface area contributed by atoms with E-state index in [1.807, 2.05) is 0 Å². The Balaban J connectivity index is 1.62. The van der Waals surface area contributed by atoms with Gasteiger partial charge < -0.3 is 4.57 Å². The Labute approximate surface area is 117 Å². The highest BCUT2D eigenvalue weighted by molar-refractivity contribution is 7.71. The fourth-order valence-corrected chi connectivity index (χ4v) is 3.21. The third-order valence-electron chi connectivity index (χ3n) is 4.27. The van der Waals surface area contributed by atoms with E-state index in [2.05, 4.69) is 46.0 Å². The molecule has 1 N–H and O–H groups in total. The lowest BCUT2D eigenvalue weighted by atomic mass is 10.1. The summed E-state index contributed by atoms with van der Waals surface area (Å²) in [6.45, 7) is 2.13. The first kappa shape index (κ1) is 11.4. The second-order valence-corrected chi connectivity index (χ2v) is 6.23.